The molecular weight excluding hydrogens is 236 g/mol. The van der Waals surface area contributed by atoms with Crippen molar-refractivity contribution in [2.24, 2.45) is 0 Å². The molecule has 0 saturated carbocycles. The molecule has 1 fully saturated rings. The summed E-state index contributed by atoms with van der Waals surface area (Å²) in [4.78, 5) is 13.7. The van der Waals surface area contributed by atoms with Crippen LogP contribution in [0.2, 0.25) is 5.02 Å². The fourth-order valence-corrected chi connectivity index (χ4v) is 2.35. The van der Waals surface area contributed by atoms with Crippen molar-refractivity contribution < 1.29 is 4.79 Å². The summed E-state index contributed by atoms with van der Waals surface area (Å²) in [6.45, 7) is 1.43. The van der Waals surface area contributed by atoms with Gasteiger partial charge < -0.3 is 10.6 Å². The maximum atomic E-state index is 11.9. The number of anilines is 1. The van der Waals surface area contributed by atoms with Crippen LogP contribution in [0, 0.1) is 0 Å². The van der Waals surface area contributed by atoms with E-state index >= 15 is 0 Å². The Bertz CT molecular complexity index is 420. The molecule has 0 aromatic heterocycles. The summed E-state index contributed by atoms with van der Waals surface area (Å²) >= 11 is 6.12. The van der Waals surface area contributed by atoms with E-state index < -0.39 is 0 Å². The standard InChI is InChI=1S/C13H17ClN2O/c14-12-8-11(15)6-5-10(12)9-16-7-3-1-2-4-13(16)17/h5-6,8H,1-4,7,9,15H2. The number of carbonyl (C=O) groups excluding carboxylic acids is 1. The molecule has 2 rings (SSSR count). The average molecular weight is 253 g/mol. The van der Waals surface area contributed by atoms with Crippen LogP contribution in [0.1, 0.15) is 31.2 Å². The largest absolute Gasteiger partial charge is 0.399 e. The number of rotatable bonds is 2. The summed E-state index contributed by atoms with van der Waals surface area (Å²) in [7, 11) is 0. The first kappa shape index (κ1) is 12.2. The fraction of sp³-hybridized carbons (Fsp3) is 0.462. The van der Waals surface area contributed by atoms with Crippen LogP contribution in [-0.2, 0) is 11.3 Å². The Morgan fingerprint density at radius 2 is 2.12 bits per heavy atom. The quantitative estimate of drug-likeness (QED) is 0.823. The molecule has 2 N–H and O–H groups in total. The molecule has 1 aliphatic rings. The molecule has 0 spiro atoms. The first-order valence-electron chi connectivity index (χ1n) is 5.98. The Balaban J connectivity index is 2.10. The highest BCUT2D eigenvalue weighted by atomic mass is 35.5. The van der Waals surface area contributed by atoms with E-state index in [2.05, 4.69) is 0 Å². The molecule has 1 aliphatic heterocycles. The predicted octanol–water partition coefficient (Wildman–Crippen LogP) is 2.82. The van der Waals surface area contributed by atoms with E-state index in [1.807, 2.05) is 17.0 Å². The molecule has 3 nitrogen and oxygen atoms in total. The Morgan fingerprint density at radius 1 is 1.29 bits per heavy atom. The number of hydrogen-bond donors (Lipinski definition) is 1. The topological polar surface area (TPSA) is 46.3 Å². The van der Waals surface area contributed by atoms with Crippen molar-refractivity contribution in [3.05, 3.63) is 28.8 Å². The second-order valence-corrected chi connectivity index (χ2v) is 4.88. The van der Waals surface area contributed by atoms with E-state index in [1.165, 1.54) is 0 Å². The maximum Gasteiger partial charge on any atom is 0.222 e. The number of carbonyl (C=O) groups is 1. The van der Waals surface area contributed by atoms with Gasteiger partial charge in [-0.3, -0.25) is 4.79 Å². The minimum Gasteiger partial charge on any atom is -0.399 e. The van der Waals surface area contributed by atoms with E-state index in [0.29, 0.717) is 23.7 Å². The van der Waals surface area contributed by atoms with E-state index in [9.17, 15) is 4.79 Å². The zero-order valence-electron chi connectivity index (χ0n) is 9.79. The Labute approximate surface area is 107 Å². The summed E-state index contributed by atoms with van der Waals surface area (Å²) < 4.78 is 0. The minimum absolute atomic E-state index is 0.232. The summed E-state index contributed by atoms with van der Waals surface area (Å²) in [5, 5.41) is 0.641. The third-order valence-corrected chi connectivity index (χ3v) is 3.46. The van der Waals surface area contributed by atoms with Crippen molar-refractivity contribution in [3.8, 4) is 0 Å². The summed E-state index contributed by atoms with van der Waals surface area (Å²) in [5.74, 6) is 0.232. The molecule has 0 bridgehead atoms. The average Bonchev–Trinajstić information content (AvgIpc) is 2.48. The van der Waals surface area contributed by atoms with Crippen LogP contribution < -0.4 is 5.73 Å². The van der Waals surface area contributed by atoms with Crippen molar-refractivity contribution in [3.63, 3.8) is 0 Å². The van der Waals surface area contributed by atoms with Gasteiger partial charge in [0.05, 0.1) is 0 Å². The van der Waals surface area contributed by atoms with Gasteiger partial charge in [0.25, 0.3) is 0 Å². The molecule has 4 heteroatoms. The van der Waals surface area contributed by atoms with Crippen LogP contribution >= 0.6 is 11.6 Å². The minimum atomic E-state index is 0.232. The molecule has 1 saturated heterocycles. The smallest absolute Gasteiger partial charge is 0.222 e. The van der Waals surface area contributed by atoms with E-state index in [1.54, 1.807) is 6.07 Å². The molecule has 1 aromatic rings. The maximum absolute atomic E-state index is 11.9. The third-order valence-electron chi connectivity index (χ3n) is 3.11. The normalized spacial score (nSPS) is 17.0. The first-order valence-corrected chi connectivity index (χ1v) is 6.36. The predicted molar refractivity (Wildman–Crippen MR) is 69.7 cm³/mol. The van der Waals surface area contributed by atoms with E-state index in [-0.39, 0.29) is 5.91 Å². The lowest BCUT2D eigenvalue weighted by Gasteiger charge is -2.21. The zero-order chi connectivity index (χ0) is 12.3. The van der Waals surface area contributed by atoms with Crippen molar-refractivity contribution in [2.75, 3.05) is 12.3 Å². The van der Waals surface area contributed by atoms with Gasteiger partial charge in [0.1, 0.15) is 0 Å². The Kier molecular flexibility index (Phi) is 3.89. The lowest BCUT2D eigenvalue weighted by atomic mass is 10.2. The lowest BCUT2D eigenvalue weighted by Crippen LogP contribution is -2.29. The molecule has 1 amide bonds. The molecule has 0 aliphatic carbocycles. The van der Waals surface area contributed by atoms with Crippen LogP contribution in [0.5, 0.6) is 0 Å². The highest BCUT2D eigenvalue weighted by Crippen LogP contribution is 2.22. The van der Waals surface area contributed by atoms with Gasteiger partial charge in [0.2, 0.25) is 5.91 Å². The van der Waals surface area contributed by atoms with Crippen molar-refractivity contribution in [1.82, 2.24) is 4.90 Å². The monoisotopic (exact) mass is 252 g/mol. The number of nitrogen functional groups attached to an aromatic ring is 1. The molecule has 1 aromatic carbocycles. The molecule has 17 heavy (non-hydrogen) atoms. The highest BCUT2D eigenvalue weighted by molar-refractivity contribution is 6.31. The number of hydrogen-bond acceptors (Lipinski definition) is 2. The van der Waals surface area contributed by atoms with Gasteiger partial charge in [0, 0.05) is 30.2 Å². The van der Waals surface area contributed by atoms with Gasteiger partial charge >= 0.3 is 0 Å². The van der Waals surface area contributed by atoms with Crippen LogP contribution in [0.15, 0.2) is 18.2 Å². The number of amides is 1. The first-order chi connectivity index (χ1) is 8.16. The van der Waals surface area contributed by atoms with Crippen LogP contribution in [0.4, 0.5) is 5.69 Å². The van der Waals surface area contributed by atoms with E-state index in [4.69, 9.17) is 17.3 Å². The molecule has 1 heterocycles. The van der Waals surface area contributed by atoms with Gasteiger partial charge in [-0.1, -0.05) is 24.1 Å². The Hall–Kier alpha value is -1.22. The molecule has 0 radical (unpaired) electrons. The second kappa shape index (κ2) is 5.41. The fourth-order valence-electron chi connectivity index (χ4n) is 2.10. The van der Waals surface area contributed by atoms with Crippen LogP contribution in [0.3, 0.4) is 0 Å². The SMILES string of the molecule is Nc1ccc(CN2CCCCCC2=O)c(Cl)c1. The summed E-state index contributed by atoms with van der Waals surface area (Å²) in [6.07, 6.45) is 3.88. The van der Waals surface area contributed by atoms with E-state index in [0.717, 1.165) is 31.4 Å². The number of nitrogens with zero attached hydrogens (tertiary/aromatic N) is 1. The molecule has 0 atom stereocenters. The van der Waals surface area contributed by atoms with Gasteiger partial charge in [-0.15, -0.1) is 0 Å². The number of halogens is 1. The third kappa shape index (κ3) is 3.13. The second-order valence-electron chi connectivity index (χ2n) is 4.48. The molecular formula is C13H17ClN2O. The number of benzene rings is 1. The van der Waals surface area contributed by atoms with Gasteiger partial charge in [-0.25, -0.2) is 0 Å². The van der Waals surface area contributed by atoms with Crippen LogP contribution in [-0.4, -0.2) is 17.4 Å². The van der Waals surface area contributed by atoms with Crippen molar-refractivity contribution >= 4 is 23.2 Å². The number of likely N-dealkylation sites (tertiary alicyclic amines) is 1. The Morgan fingerprint density at radius 3 is 2.88 bits per heavy atom. The van der Waals surface area contributed by atoms with Crippen molar-refractivity contribution in [2.45, 2.75) is 32.2 Å². The van der Waals surface area contributed by atoms with Gasteiger partial charge in [-0.2, -0.15) is 0 Å². The van der Waals surface area contributed by atoms with Gasteiger partial charge in [-0.05, 0) is 30.5 Å². The summed E-state index contributed by atoms with van der Waals surface area (Å²) in [5.41, 5.74) is 7.27. The zero-order valence-corrected chi connectivity index (χ0v) is 10.5. The van der Waals surface area contributed by atoms with Crippen LogP contribution in [0.25, 0.3) is 0 Å². The number of nitrogens with two attached hydrogens (primary N) is 1. The lowest BCUT2D eigenvalue weighted by molar-refractivity contribution is -0.131. The van der Waals surface area contributed by atoms with Gasteiger partial charge in [0.15, 0.2) is 0 Å². The molecule has 92 valence electrons. The highest BCUT2D eigenvalue weighted by Gasteiger charge is 2.17. The van der Waals surface area contributed by atoms with Crippen molar-refractivity contribution in [1.29, 1.82) is 0 Å². The summed E-state index contributed by atoms with van der Waals surface area (Å²) in [6, 6.07) is 5.46. The molecule has 0 unspecified atom stereocenters.